The van der Waals surface area contributed by atoms with Crippen LogP contribution < -0.4 is 10.6 Å². The average Bonchev–Trinajstić information content (AvgIpc) is 3.08. The molecule has 11 nitrogen and oxygen atoms in total. The third kappa shape index (κ3) is 15.2. The zero-order valence-electron chi connectivity index (χ0n) is 33.2. The number of benzene rings is 1. The number of cyclic esters (lactones) is 2. The number of esters is 3. The van der Waals surface area contributed by atoms with Gasteiger partial charge in [-0.1, -0.05) is 95.4 Å². The number of hydrogen-bond acceptors (Lipinski definition) is 9. The van der Waals surface area contributed by atoms with Crippen molar-refractivity contribution >= 4 is 35.9 Å². The van der Waals surface area contributed by atoms with Crippen LogP contribution in [0.2, 0.25) is 0 Å². The van der Waals surface area contributed by atoms with Gasteiger partial charge in [-0.2, -0.15) is 0 Å². The number of anilines is 1. The molecule has 0 bridgehead atoms. The van der Waals surface area contributed by atoms with Gasteiger partial charge < -0.3 is 30.0 Å². The van der Waals surface area contributed by atoms with Gasteiger partial charge in [0.1, 0.15) is 12.2 Å². The van der Waals surface area contributed by atoms with Gasteiger partial charge in [-0.25, -0.2) is 4.79 Å². The molecule has 1 aromatic rings. The summed E-state index contributed by atoms with van der Waals surface area (Å²) in [5.74, 6) is -4.27. The minimum absolute atomic E-state index is 0.00114. The van der Waals surface area contributed by atoms with Gasteiger partial charge in [0.25, 0.3) is 5.91 Å². The van der Waals surface area contributed by atoms with Crippen molar-refractivity contribution < 1.29 is 43.3 Å². The SMILES string of the molecule is CC1=CCCC(C)=CCC(C)(C)C=CC1.CCCCCC1C(=O)OC(C)C(NC(=O)c2cccc(NC=O)c2O)C(=O)OC(C)C1OC(=O)CC(C)C. The minimum Gasteiger partial charge on any atom is -0.505 e. The van der Waals surface area contributed by atoms with Gasteiger partial charge in [-0.05, 0) is 83.3 Å². The van der Waals surface area contributed by atoms with Crippen molar-refractivity contribution in [3.8, 4) is 5.75 Å². The standard InChI is InChI=1S/C27H38N2O9.C15H24/c1-6-7-8-10-19-24(38-21(31)13-15(2)3)17(5)37-27(35)22(16(4)36-26(19)34)29-25(33)18-11-9-12-20(23(18)32)28-14-30;1-13-7-5-8-14(2)10-12-15(3,4)11-6-9-13/h9,11-12,14-17,19,22,24,32H,6-8,10,13H2,1-5H3,(H,28,30)(H,29,33);6-7,10-11H,5,8-9,12H2,1-4H3. The van der Waals surface area contributed by atoms with Gasteiger partial charge in [-0.3, -0.25) is 19.2 Å². The summed E-state index contributed by atoms with van der Waals surface area (Å²) in [6, 6.07) is 2.71. The van der Waals surface area contributed by atoms with Gasteiger partial charge in [0.2, 0.25) is 6.41 Å². The summed E-state index contributed by atoms with van der Waals surface area (Å²) in [7, 11) is 0. The quantitative estimate of drug-likeness (QED) is 0.0509. The Kier molecular flexibility index (Phi) is 18.5. The molecule has 1 aromatic carbocycles. The Labute approximate surface area is 316 Å². The lowest BCUT2D eigenvalue weighted by Gasteiger charge is -2.29. The van der Waals surface area contributed by atoms with Crippen molar-refractivity contribution in [1.29, 1.82) is 0 Å². The molecule has 53 heavy (non-hydrogen) atoms. The van der Waals surface area contributed by atoms with E-state index >= 15 is 0 Å². The van der Waals surface area contributed by atoms with E-state index in [1.165, 1.54) is 56.0 Å². The molecular formula is C42H62N2O9. The van der Waals surface area contributed by atoms with Crippen LogP contribution in [-0.4, -0.2) is 59.7 Å². The van der Waals surface area contributed by atoms with Crippen molar-refractivity contribution in [2.24, 2.45) is 17.3 Å². The predicted molar refractivity (Wildman–Crippen MR) is 206 cm³/mol. The number of hydrogen-bond donors (Lipinski definition) is 3. The molecule has 1 fully saturated rings. The fourth-order valence-corrected chi connectivity index (χ4v) is 6.03. The Morgan fingerprint density at radius 1 is 1.04 bits per heavy atom. The number of phenols is 1. The number of para-hydroxylation sites is 1. The number of aromatic hydroxyl groups is 1. The minimum atomic E-state index is -1.42. The van der Waals surface area contributed by atoms with Gasteiger partial charge >= 0.3 is 17.9 Å². The van der Waals surface area contributed by atoms with Crippen LogP contribution in [0, 0.1) is 17.3 Å². The summed E-state index contributed by atoms with van der Waals surface area (Å²) in [5, 5.41) is 15.1. The number of phenolic OH excluding ortho intramolecular Hbond substituents is 1. The molecule has 0 spiro atoms. The molecule has 5 atom stereocenters. The highest BCUT2D eigenvalue weighted by Gasteiger charge is 2.44. The normalized spacial score (nSPS) is 23.5. The van der Waals surface area contributed by atoms with Crippen molar-refractivity contribution in [3.05, 3.63) is 59.2 Å². The maximum Gasteiger partial charge on any atom is 0.332 e. The summed E-state index contributed by atoms with van der Waals surface area (Å²) in [6.07, 6.45) is 14.2. The maximum atomic E-state index is 13.3. The summed E-state index contributed by atoms with van der Waals surface area (Å²) in [4.78, 5) is 62.7. The lowest BCUT2D eigenvalue weighted by atomic mass is 9.87. The molecule has 1 saturated heterocycles. The second-order valence-corrected chi connectivity index (χ2v) is 15.3. The molecule has 3 N–H and O–H groups in total. The largest absolute Gasteiger partial charge is 0.505 e. The average molecular weight is 739 g/mol. The number of nitrogens with one attached hydrogen (secondary N) is 2. The van der Waals surface area contributed by atoms with Crippen LogP contribution in [-0.2, 0) is 33.4 Å². The van der Waals surface area contributed by atoms with E-state index in [-0.39, 0.29) is 23.6 Å². The molecule has 2 amide bonds. The Bertz CT molecular complexity index is 1490. The van der Waals surface area contributed by atoms with E-state index in [1.807, 2.05) is 20.8 Å². The predicted octanol–water partition coefficient (Wildman–Crippen LogP) is 8.13. The highest BCUT2D eigenvalue weighted by molar-refractivity contribution is 6.01. The van der Waals surface area contributed by atoms with E-state index in [0.717, 1.165) is 25.7 Å². The highest BCUT2D eigenvalue weighted by atomic mass is 16.6. The van der Waals surface area contributed by atoms with Crippen LogP contribution in [0.1, 0.15) is 130 Å². The highest BCUT2D eigenvalue weighted by Crippen LogP contribution is 2.30. The van der Waals surface area contributed by atoms with Crippen LogP contribution in [0.15, 0.2) is 53.6 Å². The van der Waals surface area contributed by atoms with Crippen LogP contribution in [0.25, 0.3) is 0 Å². The zero-order chi connectivity index (χ0) is 39.7. The second kappa shape index (κ2) is 22.0. The van der Waals surface area contributed by atoms with Gasteiger partial charge in [0.05, 0.1) is 17.2 Å². The lowest BCUT2D eigenvalue weighted by molar-refractivity contribution is -0.175. The summed E-state index contributed by atoms with van der Waals surface area (Å²) < 4.78 is 16.9. The van der Waals surface area contributed by atoms with Crippen molar-refractivity contribution in [2.75, 3.05) is 5.32 Å². The van der Waals surface area contributed by atoms with Crippen LogP contribution in [0.5, 0.6) is 5.75 Å². The Morgan fingerprint density at radius 2 is 1.74 bits per heavy atom. The van der Waals surface area contributed by atoms with Gasteiger partial charge in [0, 0.05) is 6.42 Å². The first-order valence-electron chi connectivity index (χ1n) is 18.9. The van der Waals surface area contributed by atoms with E-state index in [1.54, 1.807) is 0 Å². The number of amides is 2. The van der Waals surface area contributed by atoms with Crippen molar-refractivity contribution in [3.63, 3.8) is 0 Å². The monoisotopic (exact) mass is 738 g/mol. The Hall–Kier alpha value is -4.41. The van der Waals surface area contributed by atoms with Gasteiger partial charge in [0.15, 0.2) is 17.9 Å². The van der Waals surface area contributed by atoms with Crippen LogP contribution >= 0.6 is 0 Å². The molecule has 0 saturated carbocycles. The van der Waals surface area contributed by atoms with Gasteiger partial charge in [-0.15, -0.1) is 0 Å². The molecule has 0 aromatic heterocycles. The van der Waals surface area contributed by atoms with E-state index in [0.29, 0.717) is 24.7 Å². The fraction of sp³-hybridized carbons (Fsp3) is 0.595. The maximum absolute atomic E-state index is 13.3. The van der Waals surface area contributed by atoms with E-state index in [9.17, 15) is 29.1 Å². The summed E-state index contributed by atoms with van der Waals surface area (Å²) >= 11 is 0. The molecule has 5 unspecified atom stereocenters. The molecule has 294 valence electrons. The number of ether oxygens (including phenoxy) is 3. The first-order valence-corrected chi connectivity index (χ1v) is 18.9. The number of allylic oxidation sites excluding steroid dienone is 6. The number of rotatable bonds is 11. The fourth-order valence-electron chi connectivity index (χ4n) is 6.03. The smallest absolute Gasteiger partial charge is 0.332 e. The Morgan fingerprint density at radius 3 is 2.40 bits per heavy atom. The van der Waals surface area contributed by atoms with Crippen LogP contribution in [0.4, 0.5) is 5.69 Å². The number of unbranched alkanes of at least 4 members (excludes halogenated alkanes) is 2. The first kappa shape index (κ1) is 44.7. The zero-order valence-corrected chi connectivity index (χ0v) is 33.2. The van der Waals surface area contributed by atoms with Crippen LogP contribution in [0.3, 0.4) is 0 Å². The van der Waals surface area contributed by atoms with Crippen molar-refractivity contribution in [1.82, 2.24) is 5.32 Å². The molecule has 1 aliphatic carbocycles. The lowest BCUT2D eigenvalue weighted by Crippen LogP contribution is -2.50. The molecule has 11 heteroatoms. The second-order valence-electron chi connectivity index (χ2n) is 15.3. The molecule has 0 radical (unpaired) electrons. The number of carbonyl (C=O) groups excluding carboxylic acids is 5. The molecular weight excluding hydrogens is 676 g/mol. The molecule has 1 aliphatic heterocycles. The van der Waals surface area contributed by atoms with E-state index in [2.05, 4.69) is 62.6 Å². The third-order valence-corrected chi connectivity index (χ3v) is 9.25. The molecule has 3 rings (SSSR count). The summed E-state index contributed by atoms with van der Waals surface area (Å²) in [6.45, 7) is 17.8. The molecule has 2 aliphatic rings. The van der Waals surface area contributed by atoms with E-state index < -0.39 is 59.8 Å². The summed E-state index contributed by atoms with van der Waals surface area (Å²) in [5.41, 5.74) is 3.12. The third-order valence-electron chi connectivity index (χ3n) is 9.25. The van der Waals surface area contributed by atoms with Crippen molar-refractivity contribution in [2.45, 2.75) is 144 Å². The first-order chi connectivity index (χ1) is 25.0. The van der Waals surface area contributed by atoms with E-state index in [4.69, 9.17) is 14.2 Å². The Balaban J connectivity index is 0.000000539. The topological polar surface area (TPSA) is 157 Å². The number of carbonyl (C=O) groups is 5. The molecule has 1 heterocycles.